The average molecular weight is 492 g/mol. The van der Waals surface area contributed by atoms with Crippen molar-refractivity contribution in [2.45, 2.75) is 17.8 Å². The molecule has 0 atom stereocenters. The number of likely N-dealkylation sites (N-methyl/N-ethyl adjacent to an activating group) is 1. The van der Waals surface area contributed by atoms with Gasteiger partial charge in [-0.05, 0) is 60.6 Å². The summed E-state index contributed by atoms with van der Waals surface area (Å²) in [4.78, 5) is 17.3. The fourth-order valence-electron chi connectivity index (χ4n) is 4.14. The molecule has 9 heteroatoms. The number of carbonyl (C=O) groups is 1. The molecular weight excluding hydrogens is 465 g/mol. The summed E-state index contributed by atoms with van der Waals surface area (Å²) < 4.78 is 20.9. The molecule has 180 valence electrons. The summed E-state index contributed by atoms with van der Waals surface area (Å²) >= 11 is 1.50. The van der Waals surface area contributed by atoms with Crippen LogP contribution in [0.25, 0.3) is 17.3 Å². The predicted molar refractivity (Wildman–Crippen MR) is 133 cm³/mol. The predicted octanol–water partition coefficient (Wildman–Crippen LogP) is 4.74. The summed E-state index contributed by atoms with van der Waals surface area (Å²) in [5.41, 5.74) is 2.45. The van der Waals surface area contributed by atoms with E-state index in [-0.39, 0.29) is 11.7 Å². The van der Waals surface area contributed by atoms with Gasteiger partial charge in [0.25, 0.3) is 5.91 Å². The molecule has 0 aliphatic carbocycles. The number of carbonyl (C=O) groups excluding carboxylic acids is 1. The molecule has 3 heterocycles. The van der Waals surface area contributed by atoms with E-state index in [0.29, 0.717) is 28.1 Å². The van der Waals surface area contributed by atoms with E-state index in [1.165, 1.54) is 23.9 Å². The largest absolute Gasteiger partial charge is 0.461 e. The van der Waals surface area contributed by atoms with Gasteiger partial charge in [-0.25, -0.2) is 4.39 Å². The standard InChI is InChI=1S/C26H26FN5O2S/c1-2-30-12-14-31(15-13-30)25(33)20-6-3-5-19(17-20)18-35-26-29-28-24(23-7-4-16-34-23)32(26)22-10-8-21(27)9-11-22/h3-11,16-17H,2,12-15,18H2,1H3. The van der Waals surface area contributed by atoms with Gasteiger partial charge in [0.1, 0.15) is 5.82 Å². The van der Waals surface area contributed by atoms with Gasteiger partial charge < -0.3 is 14.2 Å². The van der Waals surface area contributed by atoms with Crippen LogP contribution in [0.1, 0.15) is 22.8 Å². The lowest BCUT2D eigenvalue weighted by Gasteiger charge is -2.34. The number of aromatic nitrogens is 3. The van der Waals surface area contributed by atoms with Crippen molar-refractivity contribution in [1.29, 1.82) is 0 Å². The molecule has 4 aromatic rings. The average Bonchev–Trinajstić information content (AvgIpc) is 3.58. The van der Waals surface area contributed by atoms with Crippen molar-refractivity contribution >= 4 is 17.7 Å². The van der Waals surface area contributed by atoms with Gasteiger partial charge in [-0.1, -0.05) is 30.8 Å². The quantitative estimate of drug-likeness (QED) is 0.348. The third-order valence-corrected chi connectivity index (χ3v) is 7.11. The van der Waals surface area contributed by atoms with Gasteiger partial charge in [0.2, 0.25) is 5.82 Å². The number of thioether (sulfide) groups is 1. The topological polar surface area (TPSA) is 67.4 Å². The van der Waals surface area contributed by atoms with Crippen LogP contribution in [0.5, 0.6) is 0 Å². The van der Waals surface area contributed by atoms with E-state index in [2.05, 4.69) is 22.0 Å². The molecule has 0 saturated carbocycles. The zero-order valence-electron chi connectivity index (χ0n) is 19.4. The van der Waals surface area contributed by atoms with E-state index in [1.54, 1.807) is 24.5 Å². The molecule has 1 aliphatic heterocycles. The Kier molecular flexibility index (Phi) is 6.96. The molecule has 0 bridgehead atoms. The number of rotatable bonds is 7. The molecule has 1 amide bonds. The van der Waals surface area contributed by atoms with Crippen LogP contribution < -0.4 is 0 Å². The van der Waals surface area contributed by atoms with Gasteiger partial charge in [0.05, 0.1) is 12.0 Å². The monoisotopic (exact) mass is 491 g/mol. The number of amides is 1. The Morgan fingerprint density at radius 3 is 2.54 bits per heavy atom. The molecule has 35 heavy (non-hydrogen) atoms. The molecular formula is C26H26FN5O2S. The highest BCUT2D eigenvalue weighted by molar-refractivity contribution is 7.98. The van der Waals surface area contributed by atoms with Crippen molar-refractivity contribution in [3.05, 3.63) is 83.9 Å². The summed E-state index contributed by atoms with van der Waals surface area (Å²) in [6, 6.07) is 17.5. The second-order valence-electron chi connectivity index (χ2n) is 8.31. The lowest BCUT2D eigenvalue weighted by molar-refractivity contribution is 0.0643. The van der Waals surface area contributed by atoms with Gasteiger partial charge >= 0.3 is 0 Å². The van der Waals surface area contributed by atoms with Crippen molar-refractivity contribution in [2.75, 3.05) is 32.7 Å². The summed E-state index contributed by atoms with van der Waals surface area (Å²) in [5, 5.41) is 9.35. The van der Waals surface area contributed by atoms with Gasteiger partial charge in [0.15, 0.2) is 10.9 Å². The first-order valence-corrected chi connectivity index (χ1v) is 12.6. The maximum atomic E-state index is 13.5. The minimum Gasteiger partial charge on any atom is -0.461 e. The first-order chi connectivity index (χ1) is 17.1. The Labute approximate surface area is 207 Å². The number of furan rings is 1. The Bertz CT molecular complexity index is 1280. The third kappa shape index (κ3) is 5.16. The van der Waals surface area contributed by atoms with Crippen LogP contribution >= 0.6 is 11.8 Å². The lowest BCUT2D eigenvalue weighted by Crippen LogP contribution is -2.48. The van der Waals surface area contributed by atoms with E-state index in [0.717, 1.165) is 44.0 Å². The van der Waals surface area contributed by atoms with E-state index >= 15 is 0 Å². The molecule has 0 N–H and O–H groups in total. The Balaban J connectivity index is 1.35. The fraction of sp³-hybridized carbons (Fsp3) is 0.269. The van der Waals surface area contributed by atoms with Crippen LogP contribution in [0, 0.1) is 5.82 Å². The summed E-state index contributed by atoms with van der Waals surface area (Å²) in [7, 11) is 0. The summed E-state index contributed by atoms with van der Waals surface area (Å²) in [5.74, 6) is 1.47. The molecule has 2 aromatic heterocycles. The normalized spacial score (nSPS) is 14.4. The maximum Gasteiger partial charge on any atom is 0.253 e. The van der Waals surface area contributed by atoms with E-state index in [9.17, 15) is 9.18 Å². The minimum absolute atomic E-state index is 0.0715. The van der Waals surface area contributed by atoms with E-state index < -0.39 is 0 Å². The molecule has 0 spiro atoms. The minimum atomic E-state index is -0.312. The SMILES string of the molecule is CCN1CCN(C(=O)c2cccc(CSc3nnc(-c4ccco4)n3-c3ccc(F)cc3)c2)CC1. The van der Waals surface area contributed by atoms with E-state index in [1.807, 2.05) is 39.8 Å². The number of nitrogens with zero attached hydrogens (tertiary/aromatic N) is 5. The molecule has 1 fully saturated rings. The van der Waals surface area contributed by atoms with Crippen LogP contribution in [0.3, 0.4) is 0 Å². The molecule has 2 aromatic carbocycles. The van der Waals surface area contributed by atoms with Gasteiger partial charge in [-0.3, -0.25) is 9.36 Å². The zero-order valence-corrected chi connectivity index (χ0v) is 20.2. The molecule has 0 radical (unpaired) electrons. The van der Waals surface area contributed by atoms with Crippen molar-refractivity contribution in [2.24, 2.45) is 0 Å². The third-order valence-electron chi connectivity index (χ3n) is 6.11. The van der Waals surface area contributed by atoms with Crippen molar-refractivity contribution in [3.63, 3.8) is 0 Å². The number of hydrogen-bond acceptors (Lipinski definition) is 6. The van der Waals surface area contributed by atoms with Crippen molar-refractivity contribution < 1.29 is 13.6 Å². The highest BCUT2D eigenvalue weighted by Gasteiger charge is 2.22. The fourth-order valence-corrected chi connectivity index (χ4v) is 5.04. The molecule has 1 aliphatic rings. The lowest BCUT2D eigenvalue weighted by atomic mass is 10.1. The number of benzene rings is 2. The van der Waals surface area contributed by atoms with Crippen LogP contribution in [-0.4, -0.2) is 63.2 Å². The van der Waals surface area contributed by atoms with Gasteiger partial charge in [-0.15, -0.1) is 10.2 Å². The van der Waals surface area contributed by atoms with Crippen LogP contribution in [-0.2, 0) is 5.75 Å². The van der Waals surface area contributed by atoms with Crippen LogP contribution in [0.4, 0.5) is 4.39 Å². The smallest absolute Gasteiger partial charge is 0.253 e. The molecule has 7 nitrogen and oxygen atoms in total. The highest BCUT2D eigenvalue weighted by atomic mass is 32.2. The second kappa shape index (κ2) is 10.5. The van der Waals surface area contributed by atoms with Crippen LogP contribution in [0.2, 0.25) is 0 Å². The van der Waals surface area contributed by atoms with Crippen LogP contribution in [0.15, 0.2) is 76.5 Å². The number of hydrogen-bond donors (Lipinski definition) is 0. The van der Waals surface area contributed by atoms with Gasteiger partial charge in [-0.2, -0.15) is 0 Å². The summed E-state index contributed by atoms with van der Waals surface area (Å²) in [6.45, 7) is 6.49. The maximum absolute atomic E-state index is 13.5. The van der Waals surface area contributed by atoms with E-state index in [4.69, 9.17) is 4.42 Å². The Morgan fingerprint density at radius 1 is 1.03 bits per heavy atom. The first kappa shape index (κ1) is 23.3. The zero-order chi connectivity index (χ0) is 24.2. The highest BCUT2D eigenvalue weighted by Crippen LogP contribution is 2.30. The Hall–Kier alpha value is -3.43. The van der Waals surface area contributed by atoms with Gasteiger partial charge in [0, 0.05) is 37.5 Å². The number of halogens is 1. The molecule has 0 unspecified atom stereocenters. The first-order valence-electron chi connectivity index (χ1n) is 11.6. The number of piperazine rings is 1. The Morgan fingerprint density at radius 2 is 1.83 bits per heavy atom. The van der Waals surface area contributed by atoms with Crippen molar-refractivity contribution in [1.82, 2.24) is 24.6 Å². The second-order valence-corrected chi connectivity index (χ2v) is 9.25. The van der Waals surface area contributed by atoms with Crippen molar-refractivity contribution in [3.8, 4) is 17.3 Å². The summed E-state index contributed by atoms with van der Waals surface area (Å²) in [6.07, 6.45) is 1.58. The molecule has 5 rings (SSSR count). The molecule has 1 saturated heterocycles.